The van der Waals surface area contributed by atoms with Gasteiger partial charge in [-0.3, -0.25) is 0 Å². The van der Waals surface area contributed by atoms with Crippen LogP contribution in [0, 0.1) is 0 Å². The molecule has 1 heterocycles. The number of oxazole rings is 1. The minimum absolute atomic E-state index is 0.611. The molecule has 0 spiro atoms. The molecule has 0 saturated carbocycles. The second-order valence-electron chi connectivity index (χ2n) is 2.81. The van der Waals surface area contributed by atoms with Crippen LogP contribution >= 0.6 is 11.6 Å². The highest BCUT2D eigenvalue weighted by atomic mass is 35.5. The summed E-state index contributed by atoms with van der Waals surface area (Å²) in [6.45, 7) is 0.780. The summed E-state index contributed by atoms with van der Waals surface area (Å²) < 4.78 is 5.12. The number of nitrogens with zero attached hydrogens (tertiary/aromatic N) is 1. The molecule has 0 saturated heterocycles. The quantitative estimate of drug-likeness (QED) is 0.800. The molecular formula is C9H9ClN2O. The average molecular weight is 197 g/mol. The molecular weight excluding hydrogens is 188 g/mol. The Bertz CT molecular complexity index is 424. The van der Waals surface area contributed by atoms with Crippen LogP contribution in [0.25, 0.3) is 11.1 Å². The Morgan fingerprint density at radius 2 is 2.38 bits per heavy atom. The third-order valence-electron chi connectivity index (χ3n) is 1.83. The van der Waals surface area contributed by atoms with E-state index >= 15 is 0 Å². The number of benzene rings is 1. The molecule has 1 N–H and O–H groups in total. The van der Waals surface area contributed by atoms with Gasteiger partial charge >= 0.3 is 0 Å². The maximum absolute atomic E-state index is 5.98. The Morgan fingerprint density at radius 1 is 1.54 bits per heavy atom. The second-order valence-corrected chi connectivity index (χ2v) is 3.22. The number of aromatic nitrogens is 1. The van der Waals surface area contributed by atoms with Crippen molar-refractivity contribution in [2.45, 2.75) is 6.54 Å². The van der Waals surface area contributed by atoms with E-state index in [2.05, 4.69) is 10.3 Å². The standard InChI is InChI=1S/C9H9ClN2O/c1-11-4-6-2-7(10)9-8(3-6)12-5-13-9/h2-3,5,11H,4H2,1H3. The molecule has 68 valence electrons. The highest BCUT2D eigenvalue weighted by Crippen LogP contribution is 2.24. The summed E-state index contributed by atoms with van der Waals surface area (Å²) in [5.41, 5.74) is 2.56. The van der Waals surface area contributed by atoms with Gasteiger partial charge in [-0.15, -0.1) is 0 Å². The molecule has 0 aliphatic heterocycles. The number of rotatable bonds is 2. The topological polar surface area (TPSA) is 38.1 Å². The lowest BCUT2D eigenvalue weighted by Gasteiger charge is -2.00. The molecule has 0 radical (unpaired) electrons. The van der Waals surface area contributed by atoms with E-state index in [1.807, 2.05) is 19.2 Å². The summed E-state index contributed by atoms with van der Waals surface area (Å²) in [6.07, 6.45) is 1.40. The van der Waals surface area contributed by atoms with Gasteiger partial charge in [-0.05, 0) is 24.7 Å². The average Bonchev–Trinajstić information content (AvgIpc) is 2.53. The number of nitrogens with one attached hydrogen (secondary N) is 1. The molecule has 0 amide bonds. The molecule has 0 aliphatic rings. The molecule has 0 fully saturated rings. The Hall–Kier alpha value is -1.06. The van der Waals surface area contributed by atoms with Crippen LogP contribution < -0.4 is 5.32 Å². The summed E-state index contributed by atoms with van der Waals surface area (Å²) in [6, 6.07) is 3.84. The van der Waals surface area contributed by atoms with Crippen LogP contribution in [0.4, 0.5) is 0 Å². The summed E-state index contributed by atoms with van der Waals surface area (Å²) in [7, 11) is 1.89. The molecule has 13 heavy (non-hydrogen) atoms. The summed E-state index contributed by atoms with van der Waals surface area (Å²) in [5.74, 6) is 0. The lowest BCUT2D eigenvalue weighted by Crippen LogP contribution is -2.04. The molecule has 0 bridgehead atoms. The first-order valence-corrected chi connectivity index (χ1v) is 4.35. The van der Waals surface area contributed by atoms with Gasteiger partial charge in [0.15, 0.2) is 12.0 Å². The van der Waals surface area contributed by atoms with Crippen LogP contribution in [0.2, 0.25) is 5.02 Å². The summed E-state index contributed by atoms with van der Waals surface area (Å²) in [5, 5.41) is 3.66. The normalized spacial score (nSPS) is 10.9. The highest BCUT2D eigenvalue weighted by molar-refractivity contribution is 6.34. The zero-order chi connectivity index (χ0) is 9.26. The molecule has 3 nitrogen and oxygen atoms in total. The lowest BCUT2D eigenvalue weighted by molar-refractivity contribution is 0.602. The minimum Gasteiger partial charge on any atom is -0.442 e. The van der Waals surface area contributed by atoms with Gasteiger partial charge in [0.25, 0.3) is 0 Å². The zero-order valence-electron chi connectivity index (χ0n) is 7.17. The number of fused-ring (bicyclic) bond motifs is 1. The van der Waals surface area contributed by atoms with Crippen molar-refractivity contribution in [2.24, 2.45) is 0 Å². The first-order chi connectivity index (χ1) is 6.31. The molecule has 2 rings (SSSR count). The van der Waals surface area contributed by atoms with Gasteiger partial charge in [0, 0.05) is 6.54 Å². The van der Waals surface area contributed by atoms with E-state index in [1.54, 1.807) is 0 Å². The van der Waals surface area contributed by atoms with Crippen molar-refractivity contribution >= 4 is 22.7 Å². The smallest absolute Gasteiger partial charge is 0.182 e. The molecule has 0 aliphatic carbocycles. The van der Waals surface area contributed by atoms with Gasteiger partial charge in [-0.2, -0.15) is 0 Å². The SMILES string of the molecule is CNCc1cc(Cl)c2ocnc2c1. The monoisotopic (exact) mass is 196 g/mol. The second kappa shape index (κ2) is 3.36. The number of hydrogen-bond donors (Lipinski definition) is 1. The van der Waals surface area contributed by atoms with Crippen LogP contribution in [-0.2, 0) is 6.54 Å². The predicted octanol–water partition coefficient (Wildman–Crippen LogP) is 2.20. The predicted molar refractivity (Wildman–Crippen MR) is 51.8 cm³/mol. The van der Waals surface area contributed by atoms with Crippen molar-refractivity contribution in [3.8, 4) is 0 Å². The van der Waals surface area contributed by atoms with Gasteiger partial charge in [0.2, 0.25) is 0 Å². The van der Waals surface area contributed by atoms with Gasteiger partial charge in [-0.1, -0.05) is 11.6 Å². The zero-order valence-corrected chi connectivity index (χ0v) is 7.93. The fourth-order valence-electron chi connectivity index (χ4n) is 1.29. The fourth-order valence-corrected chi connectivity index (χ4v) is 1.57. The van der Waals surface area contributed by atoms with Crippen LogP contribution in [0.15, 0.2) is 22.9 Å². The molecule has 1 aromatic heterocycles. The van der Waals surface area contributed by atoms with E-state index in [9.17, 15) is 0 Å². The van der Waals surface area contributed by atoms with Crippen molar-refractivity contribution in [3.05, 3.63) is 29.1 Å². The van der Waals surface area contributed by atoms with Crippen molar-refractivity contribution in [1.29, 1.82) is 0 Å². The van der Waals surface area contributed by atoms with Crippen LogP contribution in [-0.4, -0.2) is 12.0 Å². The summed E-state index contributed by atoms with van der Waals surface area (Å²) >= 11 is 5.98. The maximum atomic E-state index is 5.98. The van der Waals surface area contributed by atoms with E-state index in [4.69, 9.17) is 16.0 Å². The minimum atomic E-state index is 0.611. The van der Waals surface area contributed by atoms with Crippen LogP contribution in [0.3, 0.4) is 0 Å². The van der Waals surface area contributed by atoms with E-state index in [0.717, 1.165) is 17.6 Å². The van der Waals surface area contributed by atoms with Crippen molar-refractivity contribution in [1.82, 2.24) is 10.3 Å². The van der Waals surface area contributed by atoms with Gasteiger partial charge in [0.1, 0.15) is 5.52 Å². The molecule has 0 unspecified atom stereocenters. The van der Waals surface area contributed by atoms with Gasteiger partial charge < -0.3 is 9.73 Å². The Balaban J connectivity index is 2.56. The summed E-state index contributed by atoms with van der Waals surface area (Å²) in [4.78, 5) is 4.04. The van der Waals surface area contributed by atoms with E-state index < -0.39 is 0 Å². The van der Waals surface area contributed by atoms with Crippen molar-refractivity contribution in [3.63, 3.8) is 0 Å². The van der Waals surface area contributed by atoms with Crippen molar-refractivity contribution in [2.75, 3.05) is 7.05 Å². The largest absolute Gasteiger partial charge is 0.442 e. The van der Waals surface area contributed by atoms with E-state index in [-0.39, 0.29) is 0 Å². The molecule has 2 aromatic rings. The number of halogens is 1. The Kier molecular flexibility index (Phi) is 2.20. The third kappa shape index (κ3) is 1.53. The molecule has 1 aromatic carbocycles. The maximum Gasteiger partial charge on any atom is 0.182 e. The van der Waals surface area contributed by atoms with Gasteiger partial charge in [0.05, 0.1) is 5.02 Å². The first-order valence-electron chi connectivity index (χ1n) is 3.97. The third-order valence-corrected chi connectivity index (χ3v) is 2.11. The molecule has 4 heteroatoms. The lowest BCUT2D eigenvalue weighted by atomic mass is 10.2. The Morgan fingerprint density at radius 3 is 3.15 bits per heavy atom. The fraction of sp³-hybridized carbons (Fsp3) is 0.222. The number of hydrogen-bond acceptors (Lipinski definition) is 3. The van der Waals surface area contributed by atoms with E-state index in [0.29, 0.717) is 10.6 Å². The Labute approximate surface area is 80.7 Å². The highest BCUT2D eigenvalue weighted by Gasteiger charge is 2.05. The van der Waals surface area contributed by atoms with E-state index in [1.165, 1.54) is 6.39 Å². The molecule has 0 atom stereocenters. The van der Waals surface area contributed by atoms with Crippen molar-refractivity contribution < 1.29 is 4.42 Å². The van der Waals surface area contributed by atoms with Crippen LogP contribution in [0.1, 0.15) is 5.56 Å². The van der Waals surface area contributed by atoms with Crippen LogP contribution in [0.5, 0.6) is 0 Å². The van der Waals surface area contributed by atoms with Gasteiger partial charge in [-0.25, -0.2) is 4.98 Å². The first kappa shape index (κ1) is 8.53.